The lowest BCUT2D eigenvalue weighted by molar-refractivity contribution is 0.117. The molecule has 0 saturated heterocycles. The van der Waals surface area contributed by atoms with Crippen LogP contribution in [-0.2, 0) is 4.84 Å². The van der Waals surface area contributed by atoms with Crippen LogP contribution >= 0.6 is 0 Å². The molecule has 4 heteroatoms. The smallest absolute Gasteiger partial charge is 0.117 e. The van der Waals surface area contributed by atoms with Gasteiger partial charge >= 0.3 is 0 Å². The van der Waals surface area contributed by atoms with E-state index >= 15 is 0 Å². The third kappa shape index (κ3) is 7.31. The second-order valence-corrected chi connectivity index (χ2v) is 7.19. The van der Waals surface area contributed by atoms with Crippen LogP contribution in [0.1, 0.15) is 50.8 Å². The highest BCUT2D eigenvalue weighted by Gasteiger charge is 2.09. The van der Waals surface area contributed by atoms with E-state index < -0.39 is 0 Å². The number of hydrogen-bond acceptors (Lipinski definition) is 3. The van der Waals surface area contributed by atoms with Crippen molar-refractivity contribution in [3.8, 4) is 0 Å². The van der Waals surface area contributed by atoms with E-state index in [1.54, 1.807) is 6.21 Å². The molecule has 0 unspecified atom stereocenters. The van der Waals surface area contributed by atoms with Crippen LogP contribution in [0.4, 0.5) is 5.69 Å². The summed E-state index contributed by atoms with van der Waals surface area (Å²) in [6.45, 7) is 14.4. The van der Waals surface area contributed by atoms with E-state index in [0.717, 1.165) is 35.3 Å². The molecule has 128 valence electrons. The summed E-state index contributed by atoms with van der Waals surface area (Å²) in [6.07, 6.45) is 4.64. The summed E-state index contributed by atoms with van der Waals surface area (Å²) in [5.74, 6) is 0. The molecule has 23 heavy (non-hydrogen) atoms. The molecule has 0 fully saturated rings. The number of rotatable bonds is 7. The van der Waals surface area contributed by atoms with Crippen molar-refractivity contribution in [3.05, 3.63) is 28.8 Å². The Bertz CT molecular complexity index is 556. The van der Waals surface area contributed by atoms with Gasteiger partial charge in [-0.2, -0.15) is 0 Å². The fraction of sp³-hybridized carbons (Fsp3) is 0.579. The number of aryl methyl sites for hydroxylation is 2. The maximum absolute atomic E-state index is 5.37. The lowest BCUT2D eigenvalue weighted by atomic mass is 9.93. The molecule has 0 aliphatic heterocycles. The molecule has 4 nitrogen and oxygen atoms in total. The summed E-state index contributed by atoms with van der Waals surface area (Å²) in [5.41, 5.74) is 4.61. The number of hydrogen-bond donors (Lipinski definition) is 0. The minimum Gasteiger partial charge on any atom is -0.396 e. The SMILES string of the molecule is CCN(C)C=Nc1cc(C)c(/C=N/OCCC(C)(C)C)cc1C. The van der Waals surface area contributed by atoms with Gasteiger partial charge in [0.15, 0.2) is 0 Å². The average Bonchev–Trinajstić information content (AvgIpc) is 2.46. The van der Waals surface area contributed by atoms with Crippen molar-refractivity contribution in [2.24, 2.45) is 15.6 Å². The maximum atomic E-state index is 5.37. The van der Waals surface area contributed by atoms with Crippen LogP contribution in [0.3, 0.4) is 0 Å². The van der Waals surface area contributed by atoms with Crippen LogP contribution in [0.25, 0.3) is 0 Å². The molecule has 1 aromatic rings. The number of aliphatic imine (C=N–C) groups is 1. The average molecular weight is 317 g/mol. The molecule has 0 saturated carbocycles. The first-order valence-corrected chi connectivity index (χ1v) is 8.24. The van der Waals surface area contributed by atoms with Gasteiger partial charge in [-0.25, -0.2) is 4.99 Å². The normalized spacial score (nSPS) is 12.3. The van der Waals surface area contributed by atoms with Crippen LogP contribution in [0.2, 0.25) is 0 Å². The Morgan fingerprint density at radius 1 is 1.17 bits per heavy atom. The number of benzene rings is 1. The first-order valence-electron chi connectivity index (χ1n) is 8.24. The molecule has 0 aliphatic carbocycles. The fourth-order valence-electron chi connectivity index (χ4n) is 1.84. The molecule has 1 aromatic carbocycles. The van der Waals surface area contributed by atoms with Crippen molar-refractivity contribution in [2.75, 3.05) is 20.2 Å². The third-order valence-corrected chi connectivity index (χ3v) is 3.69. The van der Waals surface area contributed by atoms with Gasteiger partial charge in [-0.3, -0.25) is 0 Å². The van der Waals surface area contributed by atoms with Gasteiger partial charge in [-0.05, 0) is 61.4 Å². The number of nitrogens with zero attached hydrogens (tertiary/aromatic N) is 3. The van der Waals surface area contributed by atoms with E-state index in [9.17, 15) is 0 Å². The molecule has 0 N–H and O–H groups in total. The Labute approximate surface area is 141 Å². The second kappa shape index (κ2) is 8.70. The third-order valence-electron chi connectivity index (χ3n) is 3.69. The molecular formula is C19H31N3O. The lowest BCUT2D eigenvalue weighted by Gasteiger charge is -2.16. The zero-order valence-corrected chi connectivity index (χ0v) is 15.7. The quantitative estimate of drug-likeness (QED) is 0.316. The fourth-order valence-corrected chi connectivity index (χ4v) is 1.84. The highest BCUT2D eigenvalue weighted by molar-refractivity contribution is 5.83. The van der Waals surface area contributed by atoms with E-state index in [1.165, 1.54) is 0 Å². The van der Waals surface area contributed by atoms with Crippen LogP contribution < -0.4 is 0 Å². The van der Waals surface area contributed by atoms with Gasteiger partial charge in [0, 0.05) is 13.6 Å². The van der Waals surface area contributed by atoms with Gasteiger partial charge in [0.25, 0.3) is 0 Å². The molecule has 0 amide bonds. The molecule has 0 heterocycles. The van der Waals surface area contributed by atoms with E-state index in [0.29, 0.717) is 6.61 Å². The van der Waals surface area contributed by atoms with Crippen molar-refractivity contribution >= 4 is 18.2 Å². The summed E-state index contributed by atoms with van der Waals surface area (Å²) in [4.78, 5) is 12.0. The Morgan fingerprint density at radius 3 is 2.48 bits per heavy atom. The minimum atomic E-state index is 0.271. The minimum absolute atomic E-state index is 0.271. The predicted octanol–water partition coefficient (Wildman–Crippen LogP) is 4.70. The Balaban J connectivity index is 2.71. The summed E-state index contributed by atoms with van der Waals surface area (Å²) >= 11 is 0. The van der Waals surface area contributed by atoms with Crippen LogP contribution in [0.5, 0.6) is 0 Å². The predicted molar refractivity (Wildman–Crippen MR) is 100.0 cm³/mol. The first kappa shape index (κ1) is 19.2. The summed E-state index contributed by atoms with van der Waals surface area (Å²) in [7, 11) is 2.02. The first-order chi connectivity index (χ1) is 10.7. The van der Waals surface area contributed by atoms with E-state index in [4.69, 9.17) is 4.84 Å². The van der Waals surface area contributed by atoms with Crippen LogP contribution in [0, 0.1) is 19.3 Å². The lowest BCUT2D eigenvalue weighted by Crippen LogP contribution is -2.14. The molecule has 0 aromatic heterocycles. The van der Waals surface area contributed by atoms with Crippen LogP contribution in [-0.4, -0.2) is 37.7 Å². The summed E-state index contributed by atoms with van der Waals surface area (Å²) in [5, 5.41) is 4.09. The molecule has 0 bridgehead atoms. The molecule has 0 atom stereocenters. The monoisotopic (exact) mass is 317 g/mol. The Hall–Kier alpha value is -1.84. The van der Waals surface area contributed by atoms with E-state index in [-0.39, 0.29) is 5.41 Å². The molecular weight excluding hydrogens is 286 g/mol. The standard InChI is InChI=1S/C19H31N3O/c1-8-22(7)14-20-18-12-15(2)17(11-16(18)3)13-21-23-10-9-19(4,5)6/h11-14H,8-10H2,1-7H3/b20-14?,21-13+. The van der Waals surface area contributed by atoms with Gasteiger partial charge in [-0.15, -0.1) is 0 Å². The highest BCUT2D eigenvalue weighted by Crippen LogP contribution is 2.22. The van der Waals surface area contributed by atoms with Gasteiger partial charge in [0.2, 0.25) is 0 Å². The van der Waals surface area contributed by atoms with Crippen molar-refractivity contribution in [3.63, 3.8) is 0 Å². The Morgan fingerprint density at radius 2 is 1.87 bits per heavy atom. The van der Waals surface area contributed by atoms with Crippen molar-refractivity contribution in [1.29, 1.82) is 0 Å². The largest absolute Gasteiger partial charge is 0.396 e. The van der Waals surface area contributed by atoms with Crippen molar-refractivity contribution in [1.82, 2.24) is 4.90 Å². The summed E-state index contributed by atoms with van der Waals surface area (Å²) < 4.78 is 0. The topological polar surface area (TPSA) is 37.2 Å². The maximum Gasteiger partial charge on any atom is 0.117 e. The Kier molecular flexibility index (Phi) is 7.27. The van der Waals surface area contributed by atoms with Gasteiger partial charge in [0.05, 0.1) is 18.2 Å². The summed E-state index contributed by atoms with van der Waals surface area (Å²) in [6, 6.07) is 4.19. The molecule has 0 spiro atoms. The number of oxime groups is 1. The second-order valence-electron chi connectivity index (χ2n) is 7.19. The molecule has 1 rings (SSSR count). The van der Waals surface area contributed by atoms with Crippen molar-refractivity contribution in [2.45, 2.75) is 48.0 Å². The molecule has 0 aliphatic rings. The molecule has 0 radical (unpaired) electrons. The highest BCUT2D eigenvalue weighted by atomic mass is 16.6. The van der Waals surface area contributed by atoms with Gasteiger partial charge in [0.1, 0.15) is 6.61 Å². The zero-order valence-electron chi connectivity index (χ0n) is 15.7. The van der Waals surface area contributed by atoms with Gasteiger partial charge in [-0.1, -0.05) is 25.9 Å². The van der Waals surface area contributed by atoms with Gasteiger partial charge < -0.3 is 9.74 Å². The van der Waals surface area contributed by atoms with E-state index in [2.05, 4.69) is 63.8 Å². The zero-order chi connectivity index (χ0) is 17.5. The van der Waals surface area contributed by atoms with Crippen molar-refractivity contribution < 1.29 is 4.84 Å². The van der Waals surface area contributed by atoms with E-state index in [1.807, 2.05) is 18.3 Å². The van der Waals surface area contributed by atoms with Crippen LogP contribution in [0.15, 0.2) is 22.3 Å².